The molecule has 0 bridgehead atoms. The molecule has 2 heterocycles. The van der Waals surface area contributed by atoms with Crippen molar-refractivity contribution in [2.24, 2.45) is 5.92 Å². The maximum Gasteiger partial charge on any atom is 0.452 e. The van der Waals surface area contributed by atoms with E-state index in [1.807, 2.05) is 0 Å². The van der Waals surface area contributed by atoms with E-state index in [0.29, 0.717) is 23.0 Å². The van der Waals surface area contributed by atoms with Crippen LogP contribution in [0.15, 0.2) is 57.3 Å². The zero-order chi connectivity index (χ0) is 22.6. The Morgan fingerprint density at radius 1 is 1.23 bits per heavy atom. The molecule has 1 aliphatic carbocycles. The van der Waals surface area contributed by atoms with Gasteiger partial charge in [0, 0.05) is 12.0 Å². The maximum atomic E-state index is 12.9. The van der Waals surface area contributed by atoms with E-state index in [1.54, 1.807) is 37.3 Å². The summed E-state index contributed by atoms with van der Waals surface area (Å²) in [4.78, 5) is 12.2. The number of carbonyl (C=O) groups is 1. The van der Waals surface area contributed by atoms with E-state index in [9.17, 15) is 31.5 Å². The summed E-state index contributed by atoms with van der Waals surface area (Å²) in [5.41, 5.74) is -1.20. The molecular weight excluding hydrogens is 457 g/mol. The van der Waals surface area contributed by atoms with E-state index in [-0.39, 0.29) is 14.8 Å². The normalized spacial score (nSPS) is 23.6. The van der Waals surface area contributed by atoms with Gasteiger partial charge in [-0.15, -0.1) is 11.3 Å². The SMILES string of the molecule is CC1[C@@H](c2ccccc2)[C@@]1(NS(=O)(=O)c1ccc(-c2cc(C(F)(F)F)on2)s1)C(=O)O. The van der Waals surface area contributed by atoms with Crippen molar-refractivity contribution in [3.05, 3.63) is 59.9 Å². The first kappa shape index (κ1) is 21.5. The highest BCUT2D eigenvalue weighted by Gasteiger charge is 2.70. The monoisotopic (exact) mass is 472 g/mol. The van der Waals surface area contributed by atoms with Crippen LogP contribution >= 0.6 is 11.3 Å². The fourth-order valence-electron chi connectivity index (χ4n) is 3.70. The molecule has 3 aromatic rings. The van der Waals surface area contributed by atoms with Crippen LogP contribution in [0.25, 0.3) is 10.6 Å². The molecule has 164 valence electrons. The molecule has 0 aliphatic heterocycles. The summed E-state index contributed by atoms with van der Waals surface area (Å²) in [6, 6.07) is 11.8. The minimum absolute atomic E-state index is 0.132. The van der Waals surface area contributed by atoms with Crippen molar-refractivity contribution in [1.82, 2.24) is 9.88 Å². The largest absolute Gasteiger partial charge is 0.480 e. The predicted octanol–water partition coefficient (Wildman–Crippen LogP) is 3.96. The average molecular weight is 472 g/mol. The Bertz CT molecular complexity index is 1240. The molecule has 12 heteroatoms. The van der Waals surface area contributed by atoms with Crippen LogP contribution in [0, 0.1) is 5.92 Å². The second kappa shape index (κ2) is 7.18. The molecule has 1 unspecified atom stereocenters. The molecule has 0 amide bonds. The number of carboxylic acid groups (broad SMARTS) is 1. The minimum atomic E-state index is -4.72. The van der Waals surface area contributed by atoms with Gasteiger partial charge in [0.25, 0.3) is 10.0 Å². The molecule has 1 aromatic carbocycles. The van der Waals surface area contributed by atoms with Gasteiger partial charge in [0.1, 0.15) is 15.4 Å². The van der Waals surface area contributed by atoms with Crippen molar-refractivity contribution >= 4 is 27.3 Å². The first-order valence-corrected chi connectivity index (χ1v) is 11.2. The fraction of sp³-hybridized carbons (Fsp3) is 0.263. The molecule has 0 saturated heterocycles. The number of hydrogen-bond acceptors (Lipinski definition) is 6. The first-order chi connectivity index (χ1) is 14.5. The number of thiophene rings is 1. The Balaban J connectivity index is 1.62. The Labute approximate surface area is 178 Å². The molecule has 4 rings (SSSR count). The van der Waals surface area contributed by atoms with Crippen LogP contribution in [-0.2, 0) is 21.0 Å². The Kier molecular flexibility index (Phi) is 4.98. The van der Waals surface area contributed by atoms with E-state index in [1.165, 1.54) is 12.1 Å². The first-order valence-electron chi connectivity index (χ1n) is 8.93. The number of rotatable bonds is 6. The third kappa shape index (κ3) is 3.64. The lowest BCUT2D eigenvalue weighted by atomic mass is 10.1. The number of nitrogens with one attached hydrogen (secondary N) is 1. The summed E-state index contributed by atoms with van der Waals surface area (Å²) in [7, 11) is -4.28. The number of carboxylic acids is 1. The van der Waals surface area contributed by atoms with E-state index in [2.05, 4.69) is 14.4 Å². The lowest BCUT2D eigenvalue weighted by Crippen LogP contribution is -2.45. The average Bonchev–Trinajstić information content (AvgIpc) is 3.13. The molecule has 2 N–H and O–H groups in total. The smallest absolute Gasteiger partial charge is 0.452 e. The van der Waals surface area contributed by atoms with E-state index < -0.39 is 45.3 Å². The highest BCUT2D eigenvalue weighted by molar-refractivity contribution is 7.91. The van der Waals surface area contributed by atoms with Gasteiger partial charge in [-0.3, -0.25) is 4.79 Å². The summed E-state index contributed by atoms with van der Waals surface area (Å²) in [6.45, 7) is 1.64. The van der Waals surface area contributed by atoms with E-state index in [0.717, 1.165) is 0 Å². The number of halogens is 3. The molecular formula is C19H15F3N2O5S2. The van der Waals surface area contributed by atoms with Gasteiger partial charge in [0.05, 0.1) is 4.88 Å². The summed E-state index contributed by atoms with van der Waals surface area (Å²) in [5.74, 6) is -3.68. The van der Waals surface area contributed by atoms with Gasteiger partial charge < -0.3 is 9.63 Å². The second-order valence-electron chi connectivity index (χ2n) is 7.15. The third-order valence-corrected chi connectivity index (χ3v) is 8.39. The van der Waals surface area contributed by atoms with Gasteiger partial charge in [0.2, 0.25) is 5.76 Å². The van der Waals surface area contributed by atoms with Crippen LogP contribution in [0.3, 0.4) is 0 Å². The number of aliphatic carboxylic acids is 1. The minimum Gasteiger partial charge on any atom is -0.480 e. The number of aromatic nitrogens is 1. The van der Waals surface area contributed by atoms with Crippen LogP contribution in [0.5, 0.6) is 0 Å². The van der Waals surface area contributed by atoms with Crippen molar-refractivity contribution < 1.29 is 36.0 Å². The number of alkyl halides is 3. The quantitative estimate of drug-likeness (QED) is 0.562. The molecule has 3 atom stereocenters. The molecule has 1 fully saturated rings. The zero-order valence-corrected chi connectivity index (χ0v) is 17.4. The van der Waals surface area contributed by atoms with Gasteiger partial charge in [-0.25, -0.2) is 8.42 Å². The maximum absolute atomic E-state index is 12.9. The van der Waals surface area contributed by atoms with Crippen LogP contribution < -0.4 is 4.72 Å². The number of benzene rings is 1. The number of hydrogen-bond donors (Lipinski definition) is 2. The zero-order valence-electron chi connectivity index (χ0n) is 15.8. The van der Waals surface area contributed by atoms with Gasteiger partial charge in [-0.2, -0.15) is 17.9 Å². The Morgan fingerprint density at radius 3 is 2.48 bits per heavy atom. The van der Waals surface area contributed by atoms with Crippen LogP contribution in [-0.4, -0.2) is 30.2 Å². The van der Waals surface area contributed by atoms with Crippen molar-refractivity contribution in [2.75, 3.05) is 0 Å². The van der Waals surface area contributed by atoms with Gasteiger partial charge in [-0.05, 0) is 23.6 Å². The highest BCUT2D eigenvalue weighted by Crippen LogP contribution is 2.58. The van der Waals surface area contributed by atoms with Crippen LogP contribution in [0.2, 0.25) is 0 Å². The van der Waals surface area contributed by atoms with Gasteiger partial charge in [-0.1, -0.05) is 42.4 Å². The standard InChI is InChI=1S/C19H15F3N2O5S2/c1-10-16(11-5-3-2-4-6-11)18(10,17(25)26)24-31(27,28)15-8-7-13(30-15)12-9-14(29-23-12)19(20,21)22/h2-10,16,24H,1H3,(H,25,26)/t10?,16-,18+/m0/s1. The molecule has 7 nitrogen and oxygen atoms in total. The molecule has 1 saturated carbocycles. The fourth-order valence-corrected chi connectivity index (χ4v) is 6.42. The molecule has 0 spiro atoms. The summed E-state index contributed by atoms with van der Waals surface area (Å²) in [6.07, 6.45) is -4.72. The second-order valence-corrected chi connectivity index (χ2v) is 10.1. The lowest BCUT2D eigenvalue weighted by molar-refractivity contribution is -0.155. The highest BCUT2D eigenvalue weighted by atomic mass is 32.2. The lowest BCUT2D eigenvalue weighted by Gasteiger charge is -2.15. The van der Waals surface area contributed by atoms with Crippen LogP contribution in [0.1, 0.15) is 24.2 Å². The van der Waals surface area contributed by atoms with Gasteiger partial charge in [0.15, 0.2) is 0 Å². The summed E-state index contributed by atoms with van der Waals surface area (Å²) >= 11 is 0.662. The number of sulfonamides is 1. The molecule has 31 heavy (non-hydrogen) atoms. The molecule has 0 radical (unpaired) electrons. The van der Waals surface area contributed by atoms with Crippen molar-refractivity contribution in [3.63, 3.8) is 0 Å². The summed E-state index contributed by atoms with van der Waals surface area (Å²) in [5, 5.41) is 13.2. The molecule has 1 aliphatic rings. The number of nitrogens with zero attached hydrogens (tertiary/aromatic N) is 1. The molecule has 2 aromatic heterocycles. The van der Waals surface area contributed by atoms with Crippen molar-refractivity contribution in [2.45, 2.75) is 28.8 Å². The Morgan fingerprint density at radius 2 is 1.90 bits per heavy atom. The topological polar surface area (TPSA) is 110 Å². The van der Waals surface area contributed by atoms with Crippen molar-refractivity contribution in [3.8, 4) is 10.6 Å². The van der Waals surface area contributed by atoms with E-state index >= 15 is 0 Å². The Hall–Kier alpha value is -2.70. The third-order valence-electron chi connectivity index (χ3n) is 5.30. The predicted molar refractivity (Wildman–Crippen MR) is 104 cm³/mol. The van der Waals surface area contributed by atoms with Gasteiger partial charge >= 0.3 is 12.1 Å². The van der Waals surface area contributed by atoms with Crippen LogP contribution in [0.4, 0.5) is 13.2 Å². The summed E-state index contributed by atoms with van der Waals surface area (Å²) < 4.78 is 70.3. The van der Waals surface area contributed by atoms with Crippen molar-refractivity contribution in [1.29, 1.82) is 0 Å². The van der Waals surface area contributed by atoms with E-state index in [4.69, 9.17) is 0 Å².